The highest BCUT2D eigenvalue weighted by molar-refractivity contribution is 7.18. The zero-order valence-corrected chi connectivity index (χ0v) is 10.6. The molecule has 5 heteroatoms. The molecule has 1 heterocycles. The Morgan fingerprint density at radius 1 is 1.39 bits per heavy atom. The Hall–Kier alpha value is -1.70. The van der Waals surface area contributed by atoms with Crippen LogP contribution < -0.4 is 0 Å². The number of nitrogens with zero attached hydrogens (tertiary/aromatic N) is 1. The highest BCUT2D eigenvalue weighted by Crippen LogP contribution is 2.27. The number of ketones is 1. The Kier molecular flexibility index (Phi) is 3.75. The van der Waals surface area contributed by atoms with E-state index in [1.54, 1.807) is 18.2 Å². The minimum absolute atomic E-state index is 0.354. The summed E-state index contributed by atoms with van der Waals surface area (Å²) in [6.07, 6.45) is 0. The molecule has 0 aliphatic rings. The van der Waals surface area contributed by atoms with Crippen molar-refractivity contribution in [3.63, 3.8) is 0 Å². The average molecular weight is 280 g/mol. The van der Waals surface area contributed by atoms with E-state index >= 15 is 0 Å². The van der Waals surface area contributed by atoms with E-state index in [4.69, 9.17) is 16.9 Å². The van der Waals surface area contributed by atoms with Crippen LogP contribution in [0.25, 0.3) is 0 Å². The Labute approximate surface area is 112 Å². The van der Waals surface area contributed by atoms with Gasteiger partial charge in [0.15, 0.2) is 5.78 Å². The summed E-state index contributed by atoms with van der Waals surface area (Å²) in [5, 5.41) is 9.09. The van der Waals surface area contributed by atoms with Crippen LogP contribution in [0.3, 0.4) is 0 Å². The van der Waals surface area contributed by atoms with Crippen molar-refractivity contribution < 1.29 is 9.18 Å². The van der Waals surface area contributed by atoms with Crippen LogP contribution >= 0.6 is 22.9 Å². The first-order valence-electron chi connectivity index (χ1n) is 5.06. The highest BCUT2D eigenvalue weighted by atomic mass is 35.5. The minimum atomic E-state index is -1.00. The predicted octanol–water partition coefficient (Wildman–Crippen LogP) is 4.03. The minimum Gasteiger partial charge on any atom is -0.291 e. The lowest BCUT2D eigenvalue weighted by molar-refractivity contribution is 0.0983. The van der Waals surface area contributed by atoms with E-state index in [2.05, 4.69) is 0 Å². The molecule has 1 unspecified atom stereocenters. The largest absolute Gasteiger partial charge is 0.291 e. The number of thiophene rings is 1. The molecular formula is C13H7ClFNOS. The fourth-order valence-electron chi connectivity index (χ4n) is 1.56. The zero-order chi connectivity index (χ0) is 13.1. The number of carbonyl (C=O) groups is 1. The molecule has 90 valence electrons. The van der Waals surface area contributed by atoms with Crippen LogP contribution in [0.15, 0.2) is 36.4 Å². The molecule has 1 aromatic heterocycles. The van der Waals surface area contributed by atoms with Crippen LogP contribution in [0.5, 0.6) is 0 Å². The van der Waals surface area contributed by atoms with Crippen LogP contribution in [0.1, 0.15) is 21.2 Å². The van der Waals surface area contributed by atoms with Crippen molar-refractivity contribution in [1.82, 2.24) is 0 Å². The number of nitriles is 1. The number of halogens is 2. The predicted molar refractivity (Wildman–Crippen MR) is 68.4 cm³/mol. The first-order valence-corrected chi connectivity index (χ1v) is 6.26. The quantitative estimate of drug-likeness (QED) is 0.796. The van der Waals surface area contributed by atoms with Gasteiger partial charge >= 0.3 is 0 Å². The van der Waals surface area contributed by atoms with Crippen LogP contribution in [-0.2, 0) is 0 Å². The maximum Gasteiger partial charge on any atom is 0.194 e. The van der Waals surface area contributed by atoms with Gasteiger partial charge in [0.25, 0.3) is 0 Å². The first-order chi connectivity index (χ1) is 8.61. The van der Waals surface area contributed by atoms with Crippen LogP contribution in [-0.4, -0.2) is 5.78 Å². The number of carbonyl (C=O) groups excluding carboxylic acids is 1. The molecule has 2 rings (SSSR count). The molecule has 0 aliphatic heterocycles. The molecule has 0 amide bonds. The maximum atomic E-state index is 13.1. The second kappa shape index (κ2) is 5.30. The molecule has 0 N–H and O–H groups in total. The Bertz CT molecular complexity index is 632. The number of hydrogen-bond donors (Lipinski definition) is 0. The molecule has 0 fully saturated rings. The molecule has 18 heavy (non-hydrogen) atoms. The smallest absolute Gasteiger partial charge is 0.194 e. The van der Waals surface area contributed by atoms with Gasteiger partial charge in [-0.15, -0.1) is 11.3 Å². The van der Waals surface area contributed by atoms with Crippen molar-refractivity contribution in [1.29, 1.82) is 5.26 Å². The SMILES string of the molecule is N#CC(C(=O)c1ccc(Cl)s1)c1cccc(F)c1. The van der Waals surface area contributed by atoms with E-state index in [1.807, 2.05) is 6.07 Å². The summed E-state index contributed by atoms with van der Waals surface area (Å²) in [6.45, 7) is 0. The van der Waals surface area contributed by atoms with E-state index in [0.717, 1.165) is 11.3 Å². The van der Waals surface area contributed by atoms with E-state index < -0.39 is 11.7 Å². The molecule has 1 atom stereocenters. The Balaban J connectivity index is 2.35. The van der Waals surface area contributed by atoms with Crippen molar-refractivity contribution in [3.05, 3.63) is 57.0 Å². The van der Waals surface area contributed by atoms with Crippen molar-refractivity contribution >= 4 is 28.7 Å². The molecule has 2 nitrogen and oxygen atoms in total. The van der Waals surface area contributed by atoms with Crippen molar-refractivity contribution in [2.75, 3.05) is 0 Å². The van der Waals surface area contributed by atoms with E-state index in [9.17, 15) is 9.18 Å². The fourth-order valence-corrected chi connectivity index (χ4v) is 2.57. The topological polar surface area (TPSA) is 40.9 Å². The van der Waals surface area contributed by atoms with Crippen molar-refractivity contribution in [2.45, 2.75) is 5.92 Å². The third-order valence-corrected chi connectivity index (χ3v) is 3.64. The third-order valence-electron chi connectivity index (χ3n) is 2.39. The molecule has 1 aromatic carbocycles. The van der Waals surface area contributed by atoms with Gasteiger partial charge in [0, 0.05) is 0 Å². The zero-order valence-electron chi connectivity index (χ0n) is 9.06. The molecule has 0 aliphatic carbocycles. The summed E-state index contributed by atoms with van der Waals surface area (Å²) in [5.41, 5.74) is 0.354. The summed E-state index contributed by atoms with van der Waals surface area (Å²) in [7, 11) is 0. The molecule has 0 saturated heterocycles. The van der Waals surface area contributed by atoms with Gasteiger partial charge in [-0.25, -0.2) is 4.39 Å². The second-order valence-electron chi connectivity index (χ2n) is 3.59. The molecule has 0 radical (unpaired) electrons. The average Bonchev–Trinajstić information content (AvgIpc) is 2.77. The molecule has 0 bridgehead atoms. The van der Waals surface area contributed by atoms with Crippen molar-refractivity contribution in [2.24, 2.45) is 0 Å². The van der Waals surface area contributed by atoms with Crippen molar-refractivity contribution in [3.8, 4) is 6.07 Å². The monoisotopic (exact) mass is 279 g/mol. The lowest BCUT2D eigenvalue weighted by Crippen LogP contribution is -2.09. The molecule has 2 aromatic rings. The van der Waals surface area contributed by atoms with Gasteiger partial charge in [0.05, 0.1) is 15.3 Å². The van der Waals surface area contributed by atoms with E-state index in [0.29, 0.717) is 14.8 Å². The van der Waals surface area contributed by atoms with Gasteiger partial charge in [0.2, 0.25) is 0 Å². The second-order valence-corrected chi connectivity index (χ2v) is 5.30. The summed E-state index contributed by atoms with van der Waals surface area (Å²) in [4.78, 5) is 12.5. The normalized spacial score (nSPS) is 11.8. The lowest BCUT2D eigenvalue weighted by Gasteiger charge is -2.06. The third kappa shape index (κ3) is 2.58. The fraction of sp³-hybridized carbons (Fsp3) is 0.0769. The van der Waals surface area contributed by atoms with Gasteiger partial charge < -0.3 is 0 Å². The number of rotatable bonds is 3. The van der Waals surface area contributed by atoms with Gasteiger partial charge in [-0.1, -0.05) is 23.7 Å². The number of hydrogen-bond acceptors (Lipinski definition) is 3. The lowest BCUT2D eigenvalue weighted by atomic mass is 9.95. The van der Waals surface area contributed by atoms with Crippen LogP contribution in [0, 0.1) is 17.1 Å². The van der Waals surface area contributed by atoms with Crippen LogP contribution in [0.4, 0.5) is 4.39 Å². The summed E-state index contributed by atoms with van der Waals surface area (Å²) < 4.78 is 13.6. The van der Waals surface area contributed by atoms with E-state index in [1.165, 1.54) is 18.2 Å². The van der Waals surface area contributed by atoms with Crippen LogP contribution in [0.2, 0.25) is 4.34 Å². The van der Waals surface area contributed by atoms with Gasteiger partial charge in [0.1, 0.15) is 11.7 Å². The Morgan fingerprint density at radius 3 is 2.72 bits per heavy atom. The molecular weight excluding hydrogens is 273 g/mol. The van der Waals surface area contributed by atoms with Gasteiger partial charge in [-0.05, 0) is 29.8 Å². The summed E-state index contributed by atoms with van der Waals surface area (Å²) in [6, 6.07) is 10.6. The number of Topliss-reactive ketones (excluding diaryl/α,β-unsaturated/α-hetero) is 1. The van der Waals surface area contributed by atoms with Gasteiger partial charge in [-0.3, -0.25) is 4.79 Å². The summed E-state index contributed by atoms with van der Waals surface area (Å²) in [5.74, 6) is -1.83. The first kappa shape index (κ1) is 12.7. The number of benzene rings is 1. The highest BCUT2D eigenvalue weighted by Gasteiger charge is 2.23. The summed E-state index contributed by atoms with van der Waals surface area (Å²) >= 11 is 6.86. The Morgan fingerprint density at radius 2 is 2.17 bits per heavy atom. The molecule has 0 saturated carbocycles. The van der Waals surface area contributed by atoms with E-state index in [-0.39, 0.29) is 5.78 Å². The molecule has 0 spiro atoms. The maximum absolute atomic E-state index is 13.1. The van der Waals surface area contributed by atoms with Gasteiger partial charge in [-0.2, -0.15) is 5.26 Å². The standard InChI is InChI=1S/C13H7ClFNOS/c14-12-5-4-11(18-12)13(17)10(7-16)8-2-1-3-9(15)6-8/h1-6,10H.